The van der Waals surface area contributed by atoms with Gasteiger partial charge >= 0.3 is 0 Å². The van der Waals surface area contributed by atoms with Crippen molar-refractivity contribution in [3.8, 4) is 11.8 Å². The number of hydrogen-bond acceptors (Lipinski definition) is 5. The van der Waals surface area contributed by atoms with Crippen LogP contribution in [0.5, 0.6) is 5.75 Å². The molecule has 1 N–H and O–H groups in total. The highest BCUT2D eigenvalue weighted by Gasteiger charge is 2.24. The van der Waals surface area contributed by atoms with E-state index >= 15 is 0 Å². The molecule has 0 unspecified atom stereocenters. The molecule has 6 nitrogen and oxygen atoms in total. The summed E-state index contributed by atoms with van der Waals surface area (Å²) in [5, 5.41) is 18.2. The van der Waals surface area contributed by atoms with Gasteiger partial charge in [-0.3, -0.25) is 4.31 Å². The number of sulfonamides is 1. The van der Waals surface area contributed by atoms with Gasteiger partial charge in [-0.2, -0.15) is 5.26 Å². The molecule has 0 spiro atoms. The molecule has 0 radical (unpaired) electrons. The first-order valence-electron chi connectivity index (χ1n) is 6.17. The van der Waals surface area contributed by atoms with E-state index in [0.29, 0.717) is 5.69 Å². The van der Waals surface area contributed by atoms with Crippen molar-refractivity contribution in [2.45, 2.75) is 11.8 Å². The van der Waals surface area contributed by atoms with E-state index in [1.54, 1.807) is 19.1 Å². The Bertz CT molecular complexity index is 780. The molecule has 1 heterocycles. The summed E-state index contributed by atoms with van der Waals surface area (Å²) in [4.78, 5) is 3.77. The van der Waals surface area contributed by atoms with Crippen molar-refractivity contribution in [2.75, 3.05) is 10.8 Å². The van der Waals surface area contributed by atoms with E-state index in [-0.39, 0.29) is 22.9 Å². The molecule has 21 heavy (non-hydrogen) atoms. The van der Waals surface area contributed by atoms with E-state index in [4.69, 9.17) is 5.26 Å². The smallest absolute Gasteiger partial charge is 0.265 e. The van der Waals surface area contributed by atoms with Gasteiger partial charge in [-0.25, -0.2) is 13.4 Å². The number of nitriles is 1. The lowest BCUT2D eigenvalue weighted by Crippen LogP contribution is -2.30. The van der Waals surface area contributed by atoms with Gasteiger partial charge in [-0.05, 0) is 31.2 Å². The largest absolute Gasteiger partial charge is 0.508 e. The summed E-state index contributed by atoms with van der Waals surface area (Å²) in [6, 6.07) is 10.5. The number of phenols is 1. The topological polar surface area (TPSA) is 94.3 Å². The molecule has 0 saturated heterocycles. The molecule has 0 atom stereocenters. The van der Waals surface area contributed by atoms with Crippen molar-refractivity contribution in [1.82, 2.24) is 4.98 Å². The summed E-state index contributed by atoms with van der Waals surface area (Å²) in [7, 11) is -3.80. The van der Waals surface area contributed by atoms with Crippen molar-refractivity contribution >= 4 is 15.7 Å². The second-order valence-electron chi connectivity index (χ2n) is 4.18. The second kappa shape index (κ2) is 5.81. The van der Waals surface area contributed by atoms with Crippen molar-refractivity contribution in [3.05, 3.63) is 48.3 Å². The lowest BCUT2D eigenvalue weighted by atomic mass is 10.3. The number of hydrogen-bond donors (Lipinski definition) is 1. The zero-order chi connectivity index (χ0) is 15.5. The lowest BCUT2D eigenvalue weighted by molar-refractivity contribution is 0.475. The number of aromatic nitrogens is 1. The maximum absolute atomic E-state index is 12.6. The molecule has 7 heteroatoms. The molecule has 0 saturated carbocycles. The first-order chi connectivity index (χ1) is 9.98. The molecule has 2 rings (SSSR count). The Morgan fingerprint density at radius 2 is 2.10 bits per heavy atom. The second-order valence-corrected chi connectivity index (χ2v) is 6.04. The van der Waals surface area contributed by atoms with E-state index < -0.39 is 10.0 Å². The summed E-state index contributed by atoms with van der Waals surface area (Å²) in [5.74, 6) is -0.0147. The van der Waals surface area contributed by atoms with Crippen LogP contribution < -0.4 is 4.31 Å². The fourth-order valence-electron chi connectivity index (χ4n) is 1.87. The molecule has 1 aromatic heterocycles. The van der Waals surface area contributed by atoms with Crippen molar-refractivity contribution < 1.29 is 13.5 Å². The third kappa shape index (κ3) is 2.95. The Hall–Kier alpha value is -2.59. The molecular weight excluding hydrogens is 290 g/mol. The summed E-state index contributed by atoms with van der Waals surface area (Å²) in [6.45, 7) is 1.89. The number of pyridine rings is 1. The molecule has 0 aliphatic carbocycles. The Labute approximate surface area is 123 Å². The molecule has 0 bridgehead atoms. The number of aromatic hydroxyl groups is 1. The first-order valence-corrected chi connectivity index (χ1v) is 7.61. The van der Waals surface area contributed by atoms with Crippen LogP contribution in [0.3, 0.4) is 0 Å². The van der Waals surface area contributed by atoms with Gasteiger partial charge in [0, 0.05) is 18.8 Å². The Balaban J connectivity index is 2.47. The predicted octanol–water partition coefficient (Wildman–Crippen LogP) is 1.87. The number of rotatable bonds is 4. The number of benzene rings is 1. The van der Waals surface area contributed by atoms with Crippen molar-refractivity contribution in [1.29, 1.82) is 5.26 Å². The fraction of sp³-hybridized carbons (Fsp3) is 0.143. The molecule has 0 aliphatic rings. The minimum absolute atomic E-state index is 0.00769. The third-order valence-corrected chi connectivity index (χ3v) is 4.73. The first kappa shape index (κ1) is 14.8. The maximum atomic E-state index is 12.6. The van der Waals surface area contributed by atoms with Gasteiger partial charge in [0.2, 0.25) is 0 Å². The van der Waals surface area contributed by atoms with Gasteiger partial charge in [-0.15, -0.1) is 0 Å². The fourth-order valence-corrected chi connectivity index (χ4v) is 3.28. The van der Waals surface area contributed by atoms with Gasteiger partial charge in [0.15, 0.2) is 0 Å². The zero-order valence-electron chi connectivity index (χ0n) is 11.3. The standard InChI is InChI=1S/C14H13N3O3S/c1-2-17(12-4-3-5-13(18)8-12)21(19,20)14-7-6-11(9-15)16-10-14/h3-8,10,18H,2H2,1H3. The van der Waals surface area contributed by atoms with Gasteiger partial charge in [-0.1, -0.05) is 6.07 Å². The van der Waals surface area contributed by atoms with Gasteiger partial charge in [0.1, 0.15) is 22.4 Å². The Kier molecular flexibility index (Phi) is 4.10. The van der Waals surface area contributed by atoms with Crippen LogP contribution in [0.1, 0.15) is 12.6 Å². The molecule has 2 aromatic rings. The van der Waals surface area contributed by atoms with Gasteiger partial charge in [0.05, 0.1) is 5.69 Å². The molecule has 0 amide bonds. The summed E-state index contributed by atoms with van der Waals surface area (Å²) in [6.07, 6.45) is 1.15. The lowest BCUT2D eigenvalue weighted by Gasteiger charge is -2.22. The minimum atomic E-state index is -3.80. The summed E-state index contributed by atoms with van der Waals surface area (Å²) in [5.41, 5.74) is 0.510. The molecular formula is C14H13N3O3S. The van der Waals surface area contributed by atoms with Gasteiger partial charge < -0.3 is 5.11 Å². The van der Waals surface area contributed by atoms with Crippen LogP contribution in [0.15, 0.2) is 47.5 Å². The predicted molar refractivity (Wildman–Crippen MR) is 77.3 cm³/mol. The van der Waals surface area contributed by atoms with Crippen LogP contribution in [0.25, 0.3) is 0 Å². The highest BCUT2D eigenvalue weighted by molar-refractivity contribution is 7.92. The monoisotopic (exact) mass is 303 g/mol. The third-order valence-electron chi connectivity index (χ3n) is 2.84. The number of phenolic OH excluding ortho intramolecular Hbond substituents is 1. The van der Waals surface area contributed by atoms with E-state index in [9.17, 15) is 13.5 Å². The van der Waals surface area contributed by atoms with Crippen LogP contribution in [-0.2, 0) is 10.0 Å². The number of anilines is 1. The van der Waals surface area contributed by atoms with Crippen LogP contribution >= 0.6 is 0 Å². The molecule has 1 aromatic carbocycles. The minimum Gasteiger partial charge on any atom is -0.508 e. The van der Waals surface area contributed by atoms with E-state index in [2.05, 4.69) is 4.98 Å². The zero-order valence-corrected chi connectivity index (χ0v) is 12.1. The maximum Gasteiger partial charge on any atom is 0.265 e. The Morgan fingerprint density at radius 3 is 2.62 bits per heavy atom. The molecule has 0 fully saturated rings. The van der Waals surface area contributed by atoms with Gasteiger partial charge in [0.25, 0.3) is 10.0 Å². The number of nitrogens with zero attached hydrogens (tertiary/aromatic N) is 3. The highest BCUT2D eigenvalue weighted by atomic mass is 32.2. The summed E-state index contributed by atoms with van der Waals surface area (Å²) < 4.78 is 26.4. The molecule has 108 valence electrons. The quantitative estimate of drug-likeness (QED) is 0.930. The van der Waals surface area contributed by atoms with Crippen molar-refractivity contribution in [3.63, 3.8) is 0 Å². The van der Waals surface area contributed by atoms with Crippen LogP contribution in [-0.4, -0.2) is 25.1 Å². The SMILES string of the molecule is CCN(c1cccc(O)c1)S(=O)(=O)c1ccc(C#N)nc1. The van der Waals surface area contributed by atoms with Crippen LogP contribution in [0, 0.1) is 11.3 Å². The summed E-state index contributed by atoms with van der Waals surface area (Å²) >= 11 is 0. The molecule has 0 aliphatic heterocycles. The average Bonchev–Trinajstić information content (AvgIpc) is 2.48. The van der Waals surface area contributed by atoms with E-state index in [0.717, 1.165) is 10.5 Å². The van der Waals surface area contributed by atoms with Crippen LogP contribution in [0.2, 0.25) is 0 Å². The average molecular weight is 303 g/mol. The van der Waals surface area contributed by atoms with E-state index in [1.165, 1.54) is 24.3 Å². The Morgan fingerprint density at radius 1 is 1.33 bits per heavy atom. The normalized spacial score (nSPS) is 10.9. The van der Waals surface area contributed by atoms with Crippen LogP contribution in [0.4, 0.5) is 5.69 Å². The highest BCUT2D eigenvalue weighted by Crippen LogP contribution is 2.25. The van der Waals surface area contributed by atoms with E-state index in [1.807, 2.05) is 6.07 Å². The van der Waals surface area contributed by atoms with Crippen molar-refractivity contribution in [2.24, 2.45) is 0 Å².